The fraction of sp³-hybridized carbons (Fsp3) is 0.692. The number of aliphatic hydroxyl groups is 1. The van der Waals surface area contributed by atoms with Crippen LogP contribution >= 0.6 is 11.8 Å². The number of carboxylic acids is 1. The van der Waals surface area contributed by atoms with E-state index < -0.39 is 54.3 Å². The molecular weight excluding hydrogens is 340 g/mol. The summed E-state index contributed by atoms with van der Waals surface area (Å²) in [5.74, 6) is -3.33. The van der Waals surface area contributed by atoms with E-state index in [1.165, 1.54) is 18.7 Å². The molecule has 0 saturated heterocycles. The molecule has 0 radical (unpaired) electrons. The maximum Gasteiger partial charge on any atom is 0.326 e. The lowest BCUT2D eigenvalue weighted by molar-refractivity contribution is -0.142. The molecule has 138 valence electrons. The summed E-state index contributed by atoms with van der Waals surface area (Å²) in [6.45, 7) is 1.29. The Morgan fingerprint density at radius 1 is 1.12 bits per heavy atom. The van der Waals surface area contributed by atoms with Gasteiger partial charge in [-0.1, -0.05) is 0 Å². The fourth-order valence-corrected chi connectivity index (χ4v) is 2.13. The van der Waals surface area contributed by atoms with Crippen molar-refractivity contribution in [3.05, 3.63) is 0 Å². The third-order valence-corrected chi connectivity index (χ3v) is 3.73. The van der Waals surface area contributed by atoms with Crippen molar-refractivity contribution >= 4 is 35.5 Å². The van der Waals surface area contributed by atoms with Gasteiger partial charge in [0.25, 0.3) is 0 Å². The van der Waals surface area contributed by atoms with E-state index >= 15 is 0 Å². The molecule has 0 heterocycles. The van der Waals surface area contributed by atoms with Gasteiger partial charge in [-0.15, -0.1) is 0 Å². The highest BCUT2D eigenvalue weighted by atomic mass is 32.2. The molecule has 0 aromatic heterocycles. The van der Waals surface area contributed by atoms with E-state index in [-0.39, 0.29) is 6.42 Å². The minimum absolute atomic E-state index is 0.173. The van der Waals surface area contributed by atoms with E-state index in [0.29, 0.717) is 5.75 Å². The molecule has 3 amide bonds. The number of amides is 3. The van der Waals surface area contributed by atoms with E-state index in [0.717, 1.165) is 0 Å². The van der Waals surface area contributed by atoms with Crippen LogP contribution < -0.4 is 22.1 Å². The average Bonchev–Trinajstić information content (AvgIpc) is 2.48. The van der Waals surface area contributed by atoms with E-state index in [9.17, 15) is 24.3 Å². The van der Waals surface area contributed by atoms with Crippen molar-refractivity contribution in [1.29, 1.82) is 0 Å². The summed E-state index contributed by atoms with van der Waals surface area (Å²) in [7, 11) is 0. The molecule has 4 unspecified atom stereocenters. The predicted molar refractivity (Wildman–Crippen MR) is 88.0 cm³/mol. The third-order valence-electron chi connectivity index (χ3n) is 3.09. The smallest absolute Gasteiger partial charge is 0.326 e. The van der Waals surface area contributed by atoms with Gasteiger partial charge in [-0.2, -0.15) is 11.8 Å². The molecule has 0 aromatic carbocycles. The standard InChI is InChI=1S/C13H24N4O6S/c1-6(18)10(15)12(21)17-8(5-9(14)19)11(20)16-7(13(22)23)3-4-24-2/h6-8,10,18H,3-5,15H2,1-2H3,(H2,14,19)(H,16,20)(H,17,21)(H,22,23). The first-order valence-corrected chi connectivity index (χ1v) is 8.54. The van der Waals surface area contributed by atoms with E-state index in [1.54, 1.807) is 6.26 Å². The minimum Gasteiger partial charge on any atom is -0.480 e. The van der Waals surface area contributed by atoms with Gasteiger partial charge in [0.1, 0.15) is 18.1 Å². The molecule has 0 aromatic rings. The van der Waals surface area contributed by atoms with Gasteiger partial charge in [0, 0.05) is 0 Å². The second-order valence-corrected chi connectivity index (χ2v) is 6.16. The van der Waals surface area contributed by atoms with Gasteiger partial charge < -0.3 is 32.3 Å². The molecule has 0 aliphatic rings. The van der Waals surface area contributed by atoms with Crippen LogP contribution in [0.15, 0.2) is 0 Å². The van der Waals surface area contributed by atoms with Crippen LogP contribution in [0.1, 0.15) is 19.8 Å². The Hall–Kier alpha value is -1.85. The van der Waals surface area contributed by atoms with Crippen molar-refractivity contribution in [1.82, 2.24) is 10.6 Å². The molecule has 24 heavy (non-hydrogen) atoms. The summed E-state index contributed by atoms with van der Waals surface area (Å²) in [4.78, 5) is 46.2. The summed E-state index contributed by atoms with van der Waals surface area (Å²) in [6, 6.07) is -3.85. The van der Waals surface area contributed by atoms with Gasteiger partial charge in [-0.3, -0.25) is 14.4 Å². The van der Waals surface area contributed by atoms with Crippen LogP contribution in [0.2, 0.25) is 0 Å². The van der Waals surface area contributed by atoms with E-state index in [2.05, 4.69) is 10.6 Å². The van der Waals surface area contributed by atoms with Crippen LogP contribution in [0.4, 0.5) is 0 Å². The number of nitrogens with one attached hydrogen (secondary N) is 2. The lowest BCUT2D eigenvalue weighted by Gasteiger charge is -2.22. The van der Waals surface area contributed by atoms with Gasteiger partial charge >= 0.3 is 5.97 Å². The van der Waals surface area contributed by atoms with Crippen molar-refractivity contribution in [2.75, 3.05) is 12.0 Å². The summed E-state index contributed by atoms with van der Waals surface area (Å²) in [5, 5.41) is 22.8. The molecular formula is C13H24N4O6S. The number of hydrogen-bond acceptors (Lipinski definition) is 7. The monoisotopic (exact) mass is 364 g/mol. The largest absolute Gasteiger partial charge is 0.480 e. The molecule has 0 fully saturated rings. The van der Waals surface area contributed by atoms with Crippen molar-refractivity contribution < 1.29 is 29.4 Å². The first kappa shape index (κ1) is 22.1. The van der Waals surface area contributed by atoms with Crippen LogP contribution in [0.3, 0.4) is 0 Å². The van der Waals surface area contributed by atoms with Crippen molar-refractivity contribution in [2.24, 2.45) is 11.5 Å². The lowest BCUT2D eigenvalue weighted by atomic mass is 10.1. The summed E-state index contributed by atoms with van der Waals surface area (Å²) >= 11 is 1.41. The Balaban J connectivity index is 5.01. The summed E-state index contributed by atoms with van der Waals surface area (Å²) in [6.07, 6.45) is 0.260. The Labute approximate surface area is 143 Å². The number of carboxylic acid groups (broad SMARTS) is 1. The van der Waals surface area contributed by atoms with Crippen molar-refractivity contribution in [3.8, 4) is 0 Å². The number of thioether (sulfide) groups is 1. The van der Waals surface area contributed by atoms with Crippen LogP contribution in [0.5, 0.6) is 0 Å². The van der Waals surface area contributed by atoms with Gasteiger partial charge in [0.15, 0.2) is 0 Å². The zero-order valence-electron chi connectivity index (χ0n) is 13.5. The lowest BCUT2D eigenvalue weighted by Crippen LogP contribution is -2.57. The van der Waals surface area contributed by atoms with Crippen LogP contribution in [0.25, 0.3) is 0 Å². The van der Waals surface area contributed by atoms with Crippen LogP contribution in [-0.2, 0) is 19.2 Å². The maximum atomic E-state index is 12.2. The first-order valence-electron chi connectivity index (χ1n) is 7.14. The topological polar surface area (TPSA) is 185 Å². The SMILES string of the molecule is CSCCC(NC(=O)C(CC(N)=O)NC(=O)C(N)C(C)O)C(=O)O. The zero-order valence-corrected chi connectivity index (χ0v) is 14.3. The molecule has 4 atom stereocenters. The fourth-order valence-electron chi connectivity index (χ4n) is 1.66. The highest BCUT2D eigenvalue weighted by Crippen LogP contribution is 2.03. The number of primary amides is 1. The molecule has 0 saturated carbocycles. The Morgan fingerprint density at radius 2 is 1.67 bits per heavy atom. The van der Waals surface area contributed by atoms with Gasteiger partial charge in [0.2, 0.25) is 17.7 Å². The van der Waals surface area contributed by atoms with Crippen LogP contribution in [-0.4, -0.2) is 70.1 Å². The quantitative estimate of drug-likeness (QED) is 0.230. The van der Waals surface area contributed by atoms with Gasteiger partial charge in [-0.25, -0.2) is 4.79 Å². The normalized spacial score (nSPS) is 15.7. The molecule has 0 aliphatic carbocycles. The minimum atomic E-state index is -1.38. The van der Waals surface area contributed by atoms with Gasteiger partial charge in [0.05, 0.1) is 12.5 Å². The van der Waals surface area contributed by atoms with E-state index in [1.807, 2.05) is 0 Å². The number of aliphatic hydroxyl groups excluding tert-OH is 1. The Morgan fingerprint density at radius 3 is 2.08 bits per heavy atom. The highest BCUT2D eigenvalue weighted by Gasteiger charge is 2.29. The molecule has 10 nitrogen and oxygen atoms in total. The maximum absolute atomic E-state index is 12.2. The number of carbonyl (C=O) groups is 4. The molecule has 0 aliphatic heterocycles. The third kappa shape index (κ3) is 8.13. The molecule has 0 bridgehead atoms. The van der Waals surface area contributed by atoms with Gasteiger partial charge in [-0.05, 0) is 25.4 Å². The second-order valence-electron chi connectivity index (χ2n) is 5.18. The van der Waals surface area contributed by atoms with E-state index in [4.69, 9.17) is 16.6 Å². The molecule has 8 N–H and O–H groups in total. The average molecular weight is 364 g/mol. The number of aliphatic carboxylic acids is 1. The van der Waals surface area contributed by atoms with Crippen molar-refractivity contribution in [3.63, 3.8) is 0 Å². The Kier molecular flexibility index (Phi) is 10.0. The molecule has 11 heteroatoms. The summed E-state index contributed by atoms with van der Waals surface area (Å²) < 4.78 is 0. The number of hydrogen-bond donors (Lipinski definition) is 6. The molecule has 0 rings (SSSR count). The second kappa shape index (κ2) is 10.8. The number of rotatable bonds is 11. The van der Waals surface area contributed by atoms with Crippen molar-refractivity contribution in [2.45, 2.75) is 44.0 Å². The zero-order chi connectivity index (χ0) is 18.9. The number of nitrogens with two attached hydrogens (primary N) is 2. The summed E-state index contributed by atoms with van der Waals surface area (Å²) in [5.41, 5.74) is 10.5. The first-order chi connectivity index (χ1) is 11.1. The molecule has 0 spiro atoms. The highest BCUT2D eigenvalue weighted by molar-refractivity contribution is 7.98. The predicted octanol–water partition coefficient (Wildman–Crippen LogP) is -2.62. The number of carbonyl (C=O) groups excluding carboxylic acids is 3. The Bertz CT molecular complexity index is 473. The van der Waals surface area contributed by atoms with Crippen LogP contribution in [0, 0.1) is 0 Å².